The van der Waals surface area contributed by atoms with Gasteiger partial charge in [0.15, 0.2) is 0 Å². The van der Waals surface area contributed by atoms with E-state index in [1.54, 1.807) is 0 Å². The lowest BCUT2D eigenvalue weighted by Gasteiger charge is -2.29. The largest absolute Gasteiger partial charge is 0.348 e. The zero-order valence-electron chi connectivity index (χ0n) is 10.6. The van der Waals surface area contributed by atoms with Gasteiger partial charge in [0.25, 0.3) is 0 Å². The number of hydrogen-bond acceptors (Lipinski definition) is 2. The monoisotopic (exact) mass is 214 g/mol. The van der Waals surface area contributed by atoms with Crippen LogP contribution in [0.5, 0.6) is 0 Å². The molecule has 0 aliphatic rings. The first kappa shape index (κ1) is 14.1. The van der Waals surface area contributed by atoms with Gasteiger partial charge in [-0.2, -0.15) is 5.43 Å². The number of amides is 1. The van der Waals surface area contributed by atoms with Gasteiger partial charge in [-0.25, -0.2) is 0 Å². The van der Waals surface area contributed by atoms with E-state index in [0.29, 0.717) is 4.59 Å². The maximum absolute atomic E-state index is 11.1. The Morgan fingerprint density at radius 2 is 1.93 bits per heavy atom. The predicted octanol–water partition coefficient (Wildman–Crippen LogP) is 0.668. The Morgan fingerprint density at radius 3 is 2.33 bits per heavy atom. The Kier molecular flexibility index (Phi) is 4.97. The molecule has 0 unspecified atom stereocenters. The van der Waals surface area contributed by atoms with E-state index in [-0.39, 0.29) is 11.4 Å². The molecular weight excluding hydrogens is 190 g/mol. The van der Waals surface area contributed by atoms with Crippen molar-refractivity contribution in [2.75, 3.05) is 27.7 Å². The summed E-state index contributed by atoms with van der Waals surface area (Å²) < 4.78 is 0.714. The molecule has 0 saturated carbocycles. The lowest BCUT2D eigenvalue weighted by molar-refractivity contribution is -0.915. The highest BCUT2D eigenvalue weighted by molar-refractivity contribution is 5.87. The summed E-state index contributed by atoms with van der Waals surface area (Å²) >= 11 is 0. The fraction of sp³-hybridized carbons (Fsp3) is 0.727. The highest BCUT2D eigenvalue weighted by Crippen LogP contribution is 2.07. The van der Waals surface area contributed by atoms with Gasteiger partial charge in [-0.1, -0.05) is 6.58 Å². The second-order valence-electron chi connectivity index (χ2n) is 5.25. The van der Waals surface area contributed by atoms with E-state index >= 15 is 0 Å². The Labute approximate surface area is 92.9 Å². The first-order valence-electron chi connectivity index (χ1n) is 5.17. The van der Waals surface area contributed by atoms with Crippen LogP contribution in [0.15, 0.2) is 12.7 Å². The molecule has 0 atom stereocenters. The summed E-state index contributed by atoms with van der Waals surface area (Å²) in [4.78, 5) is 11.1. The van der Waals surface area contributed by atoms with Crippen molar-refractivity contribution < 1.29 is 9.39 Å². The van der Waals surface area contributed by atoms with E-state index in [1.165, 1.54) is 6.08 Å². The molecule has 0 aromatic rings. The van der Waals surface area contributed by atoms with Crippen molar-refractivity contribution in [2.45, 2.75) is 25.8 Å². The first-order valence-corrected chi connectivity index (χ1v) is 5.17. The summed E-state index contributed by atoms with van der Waals surface area (Å²) in [5, 5.41) is 2.89. The molecule has 0 aliphatic heterocycles. The molecule has 0 heterocycles. The molecule has 0 aliphatic carbocycles. The van der Waals surface area contributed by atoms with Gasteiger partial charge >= 0.3 is 0 Å². The first-order chi connectivity index (χ1) is 6.66. The summed E-state index contributed by atoms with van der Waals surface area (Å²) in [6.07, 6.45) is 2.18. The molecule has 0 saturated heterocycles. The molecule has 4 nitrogen and oxygen atoms in total. The maximum atomic E-state index is 11.1. The third-order valence-corrected chi connectivity index (χ3v) is 1.98. The number of hydrogen-bond donors (Lipinski definition) is 2. The third kappa shape index (κ3) is 8.15. The van der Waals surface area contributed by atoms with Gasteiger partial charge in [0.05, 0.1) is 21.1 Å². The minimum atomic E-state index is -0.201. The molecule has 0 bridgehead atoms. The molecule has 0 rings (SSSR count). The van der Waals surface area contributed by atoms with Gasteiger partial charge in [-0.05, 0) is 26.3 Å². The van der Waals surface area contributed by atoms with Crippen LogP contribution in [0.25, 0.3) is 0 Å². The van der Waals surface area contributed by atoms with Crippen LogP contribution < -0.4 is 10.7 Å². The van der Waals surface area contributed by atoms with Crippen molar-refractivity contribution in [3.05, 3.63) is 12.7 Å². The Bertz CT molecular complexity index is 228. The lowest BCUT2D eigenvalue weighted by Crippen LogP contribution is -2.51. The van der Waals surface area contributed by atoms with E-state index in [9.17, 15) is 4.79 Å². The summed E-state index contributed by atoms with van der Waals surface area (Å²) in [6, 6.07) is 0. The van der Waals surface area contributed by atoms with E-state index in [1.807, 2.05) is 13.8 Å². The predicted molar refractivity (Wildman–Crippen MR) is 63.1 cm³/mol. The van der Waals surface area contributed by atoms with Crippen molar-refractivity contribution in [1.82, 2.24) is 10.7 Å². The number of carbonyl (C=O) groups excluding carboxylic acids is 1. The Morgan fingerprint density at radius 1 is 1.40 bits per heavy atom. The van der Waals surface area contributed by atoms with Crippen molar-refractivity contribution >= 4 is 5.91 Å². The number of carbonyl (C=O) groups is 1. The van der Waals surface area contributed by atoms with Gasteiger partial charge in [0, 0.05) is 12.1 Å². The summed E-state index contributed by atoms with van der Waals surface area (Å²) in [5.74, 6) is -0.120. The van der Waals surface area contributed by atoms with Crippen LogP contribution in [-0.4, -0.2) is 43.7 Å². The molecule has 0 fully saturated rings. The summed E-state index contributed by atoms with van der Waals surface area (Å²) in [7, 11) is 6.19. The van der Waals surface area contributed by atoms with Crippen LogP contribution in [-0.2, 0) is 4.79 Å². The molecule has 88 valence electrons. The number of quaternary nitrogens is 1. The zero-order valence-corrected chi connectivity index (χ0v) is 10.6. The number of nitrogens with zero attached hydrogens (tertiary/aromatic N) is 1. The fourth-order valence-electron chi connectivity index (χ4n) is 1.15. The number of rotatable bonds is 6. The smallest absolute Gasteiger partial charge is 0.243 e. The Hall–Kier alpha value is -0.870. The van der Waals surface area contributed by atoms with E-state index in [4.69, 9.17) is 0 Å². The lowest BCUT2D eigenvalue weighted by atomic mass is 10.0. The van der Waals surface area contributed by atoms with Crippen LogP contribution in [0.2, 0.25) is 0 Å². The van der Waals surface area contributed by atoms with Crippen LogP contribution in [0.1, 0.15) is 20.3 Å². The van der Waals surface area contributed by atoms with Crippen molar-refractivity contribution in [2.24, 2.45) is 0 Å². The minimum Gasteiger partial charge on any atom is -0.348 e. The molecule has 0 aromatic heterocycles. The normalized spacial score (nSPS) is 12.3. The molecule has 0 radical (unpaired) electrons. The SMILES string of the molecule is C=CC(=O)NC(C)(C)CCN[N+](C)(C)C. The van der Waals surface area contributed by atoms with Crippen LogP contribution in [0.4, 0.5) is 0 Å². The van der Waals surface area contributed by atoms with Crippen LogP contribution in [0, 0.1) is 0 Å². The van der Waals surface area contributed by atoms with E-state index in [2.05, 4.69) is 38.5 Å². The van der Waals surface area contributed by atoms with E-state index in [0.717, 1.165) is 13.0 Å². The molecular formula is C11H24N3O+. The third-order valence-electron chi connectivity index (χ3n) is 1.98. The minimum absolute atomic E-state index is 0.120. The van der Waals surface area contributed by atoms with Crippen molar-refractivity contribution in [3.8, 4) is 0 Å². The summed E-state index contributed by atoms with van der Waals surface area (Å²) in [5.41, 5.74) is 3.13. The van der Waals surface area contributed by atoms with Gasteiger partial charge < -0.3 is 5.32 Å². The topological polar surface area (TPSA) is 41.1 Å². The highest BCUT2D eigenvalue weighted by Gasteiger charge is 2.19. The van der Waals surface area contributed by atoms with Gasteiger partial charge in [-0.15, -0.1) is 0 Å². The maximum Gasteiger partial charge on any atom is 0.243 e. The van der Waals surface area contributed by atoms with Crippen LogP contribution in [0.3, 0.4) is 0 Å². The van der Waals surface area contributed by atoms with Gasteiger partial charge in [-0.3, -0.25) is 9.39 Å². The molecule has 0 spiro atoms. The molecule has 15 heavy (non-hydrogen) atoms. The average Bonchev–Trinajstić information content (AvgIpc) is 2.00. The van der Waals surface area contributed by atoms with Gasteiger partial charge in [0.1, 0.15) is 0 Å². The quantitative estimate of drug-likeness (QED) is 0.387. The van der Waals surface area contributed by atoms with E-state index < -0.39 is 0 Å². The number of nitrogens with one attached hydrogen (secondary N) is 2. The van der Waals surface area contributed by atoms with Gasteiger partial charge in [0.2, 0.25) is 5.91 Å². The molecule has 4 heteroatoms. The standard InChI is InChI=1S/C11H23N3O/c1-7-10(15)13-11(2,3)8-9-12-14(4,5)6/h7,12H,1,8-9H2,2-6H3/p+1. The van der Waals surface area contributed by atoms with Crippen LogP contribution >= 0.6 is 0 Å². The average molecular weight is 214 g/mol. The zero-order chi connectivity index (χ0) is 12.1. The second kappa shape index (κ2) is 5.28. The molecule has 2 N–H and O–H groups in total. The highest BCUT2D eigenvalue weighted by atomic mass is 16.1. The van der Waals surface area contributed by atoms with Crippen molar-refractivity contribution in [3.63, 3.8) is 0 Å². The fourth-order valence-corrected chi connectivity index (χ4v) is 1.15. The Balaban J connectivity index is 3.94. The van der Waals surface area contributed by atoms with Crippen molar-refractivity contribution in [1.29, 1.82) is 0 Å². The molecule has 0 aromatic carbocycles. The summed E-state index contributed by atoms with van der Waals surface area (Å²) in [6.45, 7) is 8.30. The second-order valence-corrected chi connectivity index (χ2v) is 5.25. The molecule has 1 amide bonds.